The van der Waals surface area contributed by atoms with Gasteiger partial charge in [0, 0.05) is 31.7 Å². The highest BCUT2D eigenvalue weighted by atomic mass is 16.2. The van der Waals surface area contributed by atoms with Crippen LogP contribution < -0.4 is 10.6 Å². The Kier molecular flexibility index (Phi) is 4.83. The van der Waals surface area contributed by atoms with Crippen LogP contribution in [0.3, 0.4) is 0 Å². The summed E-state index contributed by atoms with van der Waals surface area (Å²) >= 11 is 0. The molecular weight excluding hydrogens is 310 g/mol. The first-order chi connectivity index (χ1) is 12.2. The van der Waals surface area contributed by atoms with Crippen LogP contribution in [-0.4, -0.2) is 43.0 Å². The smallest absolute Gasteiger partial charge is 0.228 e. The molecular formula is C21H31N3O. The van der Waals surface area contributed by atoms with Crippen molar-refractivity contribution in [3.63, 3.8) is 0 Å². The minimum Gasteiger partial charge on any atom is -0.351 e. The summed E-state index contributed by atoms with van der Waals surface area (Å²) in [5.74, 6) is 0.864. The maximum absolute atomic E-state index is 13.1. The number of likely N-dealkylation sites (tertiary alicyclic amines) is 1. The summed E-state index contributed by atoms with van der Waals surface area (Å²) in [6.07, 6.45) is 5.83. The molecule has 25 heavy (non-hydrogen) atoms. The Labute approximate surface area is 151 Å². The molecule has 1 aromatic rings. The van der Waals surface area contributed by atoms with E-state index in [1.54, 1.807) is 0 Å². The van der Waals surface area contributed by atoms with Crippen LogP contribution in [0.25, 0.3) is 0 Å². The molecule has 4 nitrogen and oxygen atoms in total. The molecule has 1 aliphatic carbocycles. The molecule has 1 amide bonds. The van der Waals surface area contributed by atoms with E-state index in [-0.39, 0.29) is 5.41 Å². The van der Waals surface area contributed by atoms with Crippen LogP contribution in [0, 0.1) is 11.3 Å². The van der Waals surface area contributed by atoms with Crippen molar-refractivity contribution in [2.45, 2.75) is 51.1 Å². The van der Waals surface area contributed by atoms with Crippen LogP contribution in [0.4, 0.5) is 0 Å². The number of hydrogen-bond acceptors (Lipinski definition) is 3. The molecule has 0 radical (unpaired) electrons. The predicted octanol–water partition coefficient (Wildman–Crippen LogP) is 2.72. The SMILES string of the molecule is CC(c1ccccc1)N1CCC(NC(=O)[C@@]23CCCC[C@H]2CNC3)C1. The van der Waals surface area contributed by atoms with E-state index in [0.29, 0.717) is 23.9 Å². The molecule has 2 unspecified atom stereocenters. The maximum Gasteiger partial charge on any atom is 0.228 e. The van der Waals surface area contributed by atoms with Gasteiger partial charge in [0.25, 0.3) is 0 Å². The maximum atomic E-state index is 13.1. The number of carbonyl (C=O) groups is 1. The van der Waals surface area contributed by atoms with E-state index in [9.17, 15) is 4.79 Å². The molecule has 0 spiro atoms. The van der Waals surface area contributed by atoms with Gasteiger partial charge in [-0.2, -0.15) is 0 Å². The first kappa shape index (κ1) is 17.0. The van der Waals surface area contributed by atoms with Crippen LogP contribution in [-0.2, 0) is 4.79 Å². The number of carbonyl (C=O) groups excluding carboxylic acids is 1. The third-order valence-electron chi connectivity index (χ3n) is 6.87. The Morgan fingerprint density at radius 1 is 1.28 bits per heavy atom. The van der Waals surface area contributed by atoms with Gasteiger partial charge in [-0.25, -0.2) is 0 Å². The summed E-state index contributed by atoms with van der Waals surface area (Å²) in [5.41, 5.74) is 1.23. The number of nitrogens with zero attached hydrogens (tertiary/aromatic N) is 1. The fourth-order valence-corrected chi connectivity index (χ4v) is 5.22. The largest absolute Gasteiger partial charge is 0.351 e. The highest BCUT2D eigenvalue weighted by Gasteiger charge is 2.50. The number of fused-ring (bicyclic) bond motifs is 1. The summed E-state index contributed by atoms with van der Waals surface area (Å²) in [4.78, 5) is 15.6. The van der Waals surface area contributed by atoms with Crippen molar-refractivity contribution in [1.29, 1.82) is 0 Å². The zero-order valence-electron chi connectivity index (χ0n) is 15.3. The predicted molar refractivity (Wildman–Crippen MR) is 100 cm³/mol. The normalized spacial score (nSPS) is 33.8. The second kappa shape index (κ2) is 7.08. The third-order valence-corrected chi connectivity index (χ3v) is 6.87. The minimum absolute atomic E-state index is 0.128. The molecule has 3 aliphatic rings. The van der Waals surface area contributed by atoms with Gasteiger partial charge in [-0.1, -0.05) is 43.2 Å². The van der Waals surface area contributed by atoms with Crippen LogP contribution >= 0.6 is 0 Å². The quantitative estimate of drug-likeness (QED) is 0.885. The van der Waals surface area contributed by atoms with Crippen molar-refractivity contribution >= 4 is 5.91 Å². The summed E-state index contributed by atoms with van der Waals surface area (Å²) in [7, 11) is 0. The molecule has 3 fully saturated rings. The van der Waals surface area contributed by atoms with Crippen molar-refractivity contribution in [3.05, 3.63) is 35.9 Å². The van der Waals surface area contributed by atoms with E-state index in [1.807, 2.05) is 0 Å². The minimum atomic E-state index is -0.128. The van der Waals surface area contributed by atoms with E-state index in [0.717, 1.165) is 39.0 Å². The Balaban J connectivity index is 1.37. The van der Waals surface area contributed by atoms with E-state index in [2.05, 4.69) is 52.8 Å². The Morgan fingerprint density at radius 2 is 2.12 bits per heavy atom. The molecule has 1 saturated carbocycles. The highest BCUT2D eigenvalue weighted by molar-refractivity contribution is 5.84. The number of rotatable bonds is 4. The van der Waals surface area contributed by atoms with Gasteiger partial charge in [0.05, 0.1) is 5.41 Å². The number of benzene rings is 1. The van der Waals surface area contributed by atoms with E-state index in [4.69, 9.17) is 0 Å². The van der Waals surface area contributed by atoms with Gasteiger partial charge in [-0.3, -0.25) is 9.69 Å². The Bertz CT molecular complexity index is 604. The van der Waals surface area contributed by atoms with Gasteiger partial charge >= 0.3 is 0 Å². The molecule has 2 heterocycles. The summed E-state index contributed by atoms with van der Waals surface area (Å²) in [5, 5.41) is 6.91. The number of hydrogen-bond donors (Lipinski definition) is 2. The first-order valence-electron chi connectivity index (χ1n) is 10.00. The van der Waals surface area contributed by atoms with Crippen LogP contribution in [0.2, 0.25) is 0 Å². The second-order valence-electron chi connectivity index (χ2n) is 8.27. The van der Waals surface area contributed by atoms with Gasteiger partial charge in [0.15, 0.2) is 0 Å². The van der Waals surface area contributed by atoms with Crippen molar-refractivity contribution in [3.8, 4) is 0 Å². The lowest BCUT2D eigenvalue weighted by Gasteiger charge is -2.38. The monoisotopic (exact) mass is 341 g/mol. The van der Waals surface area contributed by atoms with Crippen LogP contribution in [0.1, 0.15) is 50.6 Å². The molecule has 4 atom stereocenters. The van der Waals surface area contributed by atoms with Gasteiger partial charge in [0.2, 0.25) is 5.91 Å². The highest BCUT2D eigenvalue weighted by Crippen LogP contribution is 2.44. The Hall–Kier alpha value is -1.39. The topological polar surface area (TPSA) is 44.4 Å². The van der Waals surface area contributed by atoms with Crippen molar-refractivity contribution in [2.24, 2.45) is 11.3 Å². The molecule has 4 rings (SSSR count). The summed E-state index contributed by atoms with van der Waals surface area (Å²) in [6, 6.07) is 11.4. The van der Waals surface area contributed by atoms with E-state index in [1.165, 1.54) is 24.8 Å². The molecule has 0 bridgehead atoms. The van der Waals surface area contributed by atoms with E-state index >= 15 is 0 Å². The average Bonchev–Trinajstić information content (AvgIpc) is 3.29. The second-order valence-corrected chi connectivity index (χ2v) is 8.27. The molecule has 136 valence electrons. The van der Waals surface area contributed by atoms with Gasteiger partial charge in [-0.15, -0.1) is 0 Å². The van der Waals surface area contributed by atoms with Crippen molar-refractivity contribution < 1.29 is 4.79 Å². The fraction of sp³-hybridized carbons (Fsp3) is 0.667. The summed E-state index contributed by atoms with van der Waals surface area (Å²) in [6.45, 7) is 6.21. The zero-order valence-corrected chi connectivity index (χ0v) is 15.3. The summed E-state index contributed by atoms with van der Waals surface area (Å²) < 4.78 is 0. The fourth-order valence-electron chi connectivity index (χ4n) is 5.22. The third kappa shape index (κ3) is 3.22. The average molecular weight is 341 g/mol. The first-order valence-corrected chi connectivity index (χ1v) is 10.00. The van der Waals surface area contributed by atoms with Gasteiger partial charge < -0.3 is 10.6 Å². The molecule has 4 heteroatoms. The lowest BCUT2D eigenvalue weighted by molar-refractivity contribution is -0.134. The number of amides is 1. The molecule has 2 aliphatic heterocycles. The van der Waals surface area contributed by atoms with Gasteiger partial charge in [-0.05, 0) is 44.2 Å². The number of nitrogens with one attached hydrogen (secondary N) is 2. The molecule has 0 aromatic heterocycles. The molecule has 2 saturated heterocycles. The van der Waals surface area contributed by atoms with Crippen molar-refractivity contribution in [2.75, 3.05) is 26.2 Å². The lowest BCUT2D eigenvalue weighted by atomic mass is 9.67. The zero-order chi connectivity index (χ0) is 17.3. The Morgan fingerprint density at radius 3 is 2.96 bits per heavy atom. The van der Waals surface area contributed by atoms with Crippen LogP contribution in [0.15, 0.2) is 30.3 Å². The molecule has 2 N–H and O–H groups in total. The van der Waals surface area contributed by atoms with Crippen molar-refractivity contribution in [1.82, 2.24) is 15.5 Å². The lowest BCUT2D eigenvalue weighted by Crippen LogP contribution is -2.51. The standard InChI is InChI=1S/C21H31N3O/c1-16(17-7-3-2-4-8-17)24-12-10-19(14-24)23-20(25)21-11-6-5-9-18(21)13-22-15-21/h2-4,7-8,16,18-19,22H,5-6,9-15H2,1H3,(H,23,25)/t16?,18-,19?,21+/m0/s1. The van der Waals surface area contributed by atoms with Crippen LogP contribution in [0.5, 0.6) is 0 Å². The van der Waals surface area contributed by atoms with E-state index < -0.39 is 0 Å². The molecule has 1 aromatic carbocycles. The van der Waals surface area contributed by atoms with Gasteiger partial charge in [0.1, 0.15) is 0 Å².